The lowest BCUT2D eigenvalue weighted by Crippen LogP contribution is -2.24. The molecular formula is C13H20N2O3. The molecule has 1 aromatic rings. The second-order valence-electron chi connectivity index (χ2n) is 4.40. The van der Waals surface area contributed by atoms with Gasteiger partial charge in [-0.25, -0.2) is 0 Å². The standard InChI is InChI=1S/C13H20N2O3/c1-4-14-8-10(2)9-18-12-7-5-6-11(3)13(12)15(16)17/h5-7,10,14H,4,8-9H2,1-3H3. The molecule has 0 aliphatic carbocycles. The van der Waals surface area contributed by atoms with E-state index in [-0.39, 0.29) is 10.6 Å². The molecule has 0 aromatic heterocycles. The summed E-state index contributed by atoms with van der Waals surface area (Å²) in [6.07, 6.45) is 0. The number of benzene rings is 1. The molecule has 5 heteroatoms. The zero-order valence-corrected chi connectivity index (χ0v) is 11.1. The quantitative estimate of drug-likeness (QED) is 0.598. The Kier molecular flexibility index (Phi) is 5.58. The number of nitro groups is 1. The van der Waals surface area contributed by atoms with Gasteiger partial charge in [0.15, 0.2) is 5.75 Å². The van der Waals surface area contributed by atoms with Gasteiger partial charge < -0.3 is 10.1 Å². The maximum absolute atomic E-state index is 11.0. The molecule has 0 aliphatic rings. The van der Waals surface area contributed by atoms with E-state index >= 15 is 0 Å². The topological polar surface area (TPSA) is 64.4 Å². The van der Waals surface area contributed by atoms with E-state index in [1.807, 2.05) is 13.8 Å². The molecule has 0 spiro atoms. The number of nitrogens with one attached hydrogen (secondary N) is 1. The summed E-state index contributed by atoms with van der Waals surface area (Å²) in [5.74, 6) is 0.661. The SMILES string of the molecule is CCNCC(C)COc1cccc(C)c1[N+](=O)[O-]. The maximum Gasteiger partial charge on any atom is 0.313 e. The summed E-state index contributed by atoms with van der Waals surface area (Å²) in [5, 5.41) is 14.2. The Morgan fingerprint density at radius 1 is 1.50 bits per heavy atom. The van der Waals surface area contributed by atoms with Crippen molar-refractivity contribution in [3.63, 3.8) is 0 Å². The lowest BCUT2D eigenvalue weighted by Gasteiger charge is -2.13. The van der Waals surface area contributed by atoms with Crippen LogP contribution in [-0.4, -0.2) is 24.6 Å². The van der Waals surface area contributed by atoms with Crippen LogP contribution in [0.25, 0.3) is 0 Å². The number of nitrogens with zero attached hydrogens (tertiary/aromatic N) is 1. The summed E-state index contributed by atoms with van der Waals surface area (Å²) in [6.45, 7) is 8.03. The van der Waals surface area contributed by atoms with Gasteiger partial charge in [0.05, 0.1) is 11.5 Å². The molecule has 1 unspecified atom stereocenters. The van der Waals surface area contributed by atoms with Crippen molar-refractivity contribution in [3.05, 3.63) is 33.9 Å². The molecule has 18 heavy (non-hydrogen) atoms. The highest BCUT2D eigenvalue weighted by Gasteiger charge is 2.18. The fourth-order valence-corrected chi connectivity index (χ4v) is 1.66. The van der Waals surface area contributed by atoms with E-state index in [1.54, 1.807) is 25.1 Å². The van der Waals surface area contributed by atoms with Crippen molar-refractivity contribution >= 4 is 5.69 Å². The van der Waals surface area contributed by atoms with Crippen LogP contribution in [-0.2, 0) is 0 Å². The van der Waals surface area contributed by atoms with Gasteiger partial charge in [0.1, 0.15) is 0 Å². The number of ether oxygens (including phenoxy) is 1. The van der Waals surface area contributed by atoms with Gasteiger partial charge in [0.25, 0.3) is 0 Å². The third-order valence-electron chi connectivity index (χ3n) is 2.65. The molecule has 100 valence electrons. The molecule has 0 aliphatic heterocycles. The van der Waals surface area contributed by atoms with E-state index in [2.05, 4.69) is 5.32 Å². The van der Waals surface area contributed by atoms with E-state index in [1.165, 1.54) is 0 Å². The van der Waals surface area contributed by atoms with Gasteiger partial charge in [-0.1, -0.05) is 26.0 Å². The van der Waals surface area contributed by atoms with Gasteiger partial charge in [-0.3, -0.25) is 10.1 Å². The largest absolute Gasteiger partial charge is 0.486 e. The second kappa shape index (κ2) is 6.96. The highest BCUT2D eigenvalue weighted by molar-refractivity contribution is 5.51. The number of aryl methyl sites for hydroxylation is 1. The van der Waals surface area contributed by atoms with Crippen LogP contribution in [0.2, 0.25) is 0 Å². The smallest absolute Gasteiger partial charge is 0.313 e. The molecule has 0 saturated carbocycles. The Labute approximate surface area is 107 Å². The van der Waals surface area contributed by atoms with E-state index in [9.17, 15) is 10.1 Å². The van der Waals surface area contributed by atoms with Gasteiger partial charge in [-0.05, 0) is 19.5 Å². The van der Waals surface area contributed by atoms with Crippen LogP contribution >= 0.6 is 0 Å². The summed E-state index contributed by atoms with van der Waals surface area (Å²) in [4.78, 5) is 10.6. The Morgan fingerprint density at radius 2 is 2.22 bits per heavy atom. The average molecular weight is 252 g/mol. The molecule has 0 bridgehead atoms. The van der Waals surface area contributed by atoms with Crippen LogP contribution in [0.4, 0.5) is 5.69 Å². The van der Waals surface area contributed by atoms with Crippen LogP contribution in [0.1, 0.15) is 19.4 Å². The minimum atomic E-state index is -0.389. The zero-order valence-electron chi connectivity index (χ0n) is 11.1. The number of hydrogen-bond donors (Lipinski definition) is 1. The van der Waals surface area contributed by atoms with Gasteiger partial charge >= 0.3 is 5.69 Å². The lowest BCUT2D eigenvalue weighted by atomic mass is 10.2. The predicted molar refractivity (Wildman–Crippen MR) is 71.0 cm³/mol. The van der Waals surface area contributed by atoms with Gasteiger partial charge in [-0.2, -0.15) is 0 Å². The zero-order chi connectivity index (χ0) is 13.5. The maximum atomic E-state index is 11.0. The first-order chi connectivity index (χ1) is 8.56. The number of nitro benzene ring substituents is 1. The predicted octanol–water partition coefficient (Wildman–Crippen LogP) is 2.53. The molecule has 5 nitrogen and oxygen atoms in total. The first-order valence-electron chi connectivity index (χ1n) is 6.13. The van der Waals surface area contributed by atoms with Gasteiger partial charge in [0.2, 0.25) is 0 Å². The van der Waals surface area contributed by atoms with Crippen molar-refractivity contribution in [2.45, 2.75) is 20.8 Å². The molecule has 1 rings (SSSR count). The molecule has 0 saturated heterocycles. The van der Waals surface area contributed by atoms with Crippen molar-refractivity contribution in [1.29, 1.82) is 0 Å². The minimum Gasteiger partial charge on any atom is -0.486 e. The molecule has 0 fully saturated rings. The van der Waals surface area contributed by atoms with Crippen molar-refractivity contribution in [2.24, 2.45) is 5.92 Å². The van der Waals surface area contributed by atoms with Crippen LogP contribution < -0.4 is 10.1 Å². The summed E-state index contributed by atoms with van der Waals surface area (Å²) in [5.41, 5.74) is 0.685. The molecule has 1 atom stereocenters. The average Bonchev–Trinajstić information content (AvgIpc) is 2.33. The highest BCUT2D eigenvalue weighted by atomic mass is 16.6. The van der Waals surface area contributed by atoms with Crippen LogP contribution in [0.15, 0.2) is 18.2 Å². The second-order valence-corrected chi connectivity index (χ2v) is 4.40. The van der Waals surface area contributed by atoms with Crippen molar-refractivity contribution in [1.82, 2.24) is 5.32 Å². The summed E-state index contributed by atoms with van der Waals surface area (Å²) in [6, 6.07) is 5.13. The first-order valence-corrected chi connectivity index (χ1v) is 6.13. The Bertz CT molecular complexity index is 407. The highest BCUT2D eigenvalue weighted by Crippen LogP contribution is 2.30. The third-order valence-corrected chi connectivity index (χ3v) is 2.65. The van der Waals surface area contributed by atoms with Crippen LogP contribution in [0.3, 0.4) is 0 Å². The lowest BCUT2D eigenvalue weighted by molar-refractivity contribution is -0.386. The van der Waals surface area contributed by atoms with E-state index in [4.69, 9.17) is 4.74 Å². The van der Waals surface area contributed by atoms with Crippen molar-refractivity contribution < 1.29 is 9.66 Å². The van der Waals surface area contributed by atoms with Crippen molar-refractivity contribution in [2.75, 3.05) is 19.7 Å². The Balaban J connectivity index is 2.67. The molecule has 0 heterocycles. The van der Waals surface area contributed by atoms with Crippen molar-refractivity contribution in [3.8, 4) is 5.75 Å². The number of para-hydroxylation sites is 1. The van der Waals surface area contributed by atoms with Crippen LogP contribution in [0.5, 0.6) is 5.75 Å². The van der Waals surface area contributed by atoms with Gasteiger partial charge in [0, 0.05) is 18.0 Å². The molecule has 0 amide bonds. The normalized spacial score (nSPS) is 12.2. The van der Waals surface area contributed by atoms with E-state index in [0.29, 0.717) is 23.8 Å². The number of rotatable bonds is 7. The summed E-state index contributed by atoms with van der Waals surface area (Å²) in [7, 11) is 0. The molecule has 1 N–H and O–H groups in total. The molecule has 0 radical (unpaired) electrons. The summed E-state index contributed by atoms with van der Waals surface area (Å²) < 4.78 is 5.56. The van der Waals surface area contributed by atoms with E-state index in [0.717, 1.165) is 13.1 Å². The first kappa shape index (κ1) is 14.4. The Morgan fingerprint density at radius 3 is 2.83 bits per heavy atom. The summed E-state index contributed by atoms with van der Waals surface area (Å²) >= 11 is 0. The monoisotopic (exact) mass is 252 g/mol. The molecular weight excluding hydrogens is 232 g/mol. The van der Waals surface area contributed by atoms with Crippen LogP contribution in [0, 0.1) is 23.0 Å². The fraction of sp³-hybridized carbons (Fsp3) is 0.538. The van der Waals surface area contributed by atoms with Gasteiger partial charge in [-0.15, -0.1) is 0 Å². The van der Waals surface area contributed by atoms with E-state index < -0.39 is 0 Å². The molecule has 1 aromatic carbocycles. The fourth-order valence-electron chi connectivity index (χ4n) is 1.66. The number of hydrogen-bond acceptors (Lipinski definition) is 4. The Hall–Kier alpha value is -1.62. The minimum absolute atomic E-state index is 0.0631. The third kappa shape index (κ3) is 4.00.